The maximum Gasteiger partial charge on any atom is 0.311 e. The van der Waals surface area contributed by atoms with Crippen molar-refractivity contribution in [3.8, 4) is 0 Å². The summed E-state index contributed by atoms with van der Waals surface area (Å²) in [5.41, 5.74) is -0.763. The van der Waals surface area contributed by atoms with E-state index in [1.54, 1.807) is 13.8 Å². The molecule has 0 spiro atoms. The predicted molar refractivity (Wildman–Crippen MR) is 46.1 cm³/mol. The van der Waals surface area contributed by atoms with Gasteiger partial charge in [0.2, 0.25) is 0 Å². The molecule has 12 heavy (non-hydrogen) atoms. The Hall–Kier alpha value is -0.570. The molecule has 0 radical (unpaired) electrons. The number of methoxy groups -OCH3 is 1. The van der Waals surface area contributed by atoms with Crippen molar-refractivity contribution in [2.75, 3.05) is 13.0 Å². The Bertz CT molecular complexity index is 187. The molecule has 0 saturated heterocycles. The van der Waals surface area contributed by atoms with Crippen LogP contribution in [0.2, 0.25) is 0 Å². The highest BCUT2D eigenvalue weighted by molar-refractivity contribution is 6.27. The third kappa shape index (κ3) is 3.22. The highest BCUT2D eigenvalue weighted by Gasteiger charge is 2.30. The minimum absolute atomic E-state index is 0.0551. The zero-order chi connectivity index (χ0) is 9.78. The normalized spacial score (nSPS) is 11.0. The number of hydrogen-bond donors (Lipinski definition) is 0. The molecule has 0 aliphatic carbocycles. The number of rotatable bonds is 4. The third-order valence-electron chi connectivity index (χ3n) is 1.53. The van der Waals surface area contributed by atoms with Crippen molar-refractivity contribution in [1.82, 2.24) is 0 Å². The second-order valence-electron chi connectivity index (χ2n) is 3.22. The van der Waals surface area contributed by atoms with Crippen molar-refractivity contribution >= 4 is 23.4 Å². The molecule has 0 atom stereocenters. The van der Waals surface area contributed by atoms with Gasteiger partial charge in [-0.1, -0.05) is 0 Å². The number of Topliss-reactive ketones (excluding diaryl/α,β-unsaturated/α-hetero) is 1. The van der Waals surface area contributed by atoms with E-state index < -0.39 is 5.41 Å². The molecule has 0 aromatic heterocycles. The average molecular weight is 193 g/mol. The molecule has 70 valence electrons. The molecule has 0 aromatic rings. The number of carbonyl (C=O) groups excluding carboxylic acids is 2. The number of ether oxygens (including phenoxy) is 1. The number of ketones is 1. The minimum Gasteiger partial charge on any atom is -0.469 e. The van der Waals surface area contributed by atoms with Gasteiger partial charge in [-0.15, -0.1) is 11.6 Å². The standard InChI is InChI=1S/C8H13ClO3/c1-8(2,7(11)12-3)4-6(10)5-9/h4-5H2,1-3H3. The Morgan fingerprint density at radius 2 is 1.92 bits per heavy atom. The Morgan fingerprint density at radius 3 is 2.25 bits per heavy atom. The van der Waals surface area contributed by atoms with Crippen LogP contribution in [0.4, 0.5) is 0 Å². The predicted octanol–water partition coefficient (Wildman–Crippen LogP) is 1.38. The molecule has 0 amide bonds. The largest absolute Gasteiger partial charge is 0.469 e. The third-order valence-corrected chi connectivity index (χ3v) is 1.82. The van der Waals surface area contributed by atoms with E-state index in [1.807, 2.05) is 0 Å². The van der Waals surface area contributed by atoms with Gasteiger partial charge in [0.05, 0.1) is 18.4 Å². The summed E-state index contributed by atoms with van der Waals surface area (Å²) in [5.74, 6) is -0.589. The molecule has 0 saturated carbocycles. The van der Waals surface area contributed by atoms with E-state index in [9.17, 15) is 9.59 Å². The van der Waals surface area contributed by atoms with Crippen molar-refractivity contribution < 1.29 is 14.3 Å². The number of alkyl halides is 1. The van der Waals surface area contributed by atoms with Gasteiger partial charge >= 0.3 is 5.97 Å². The molecule has 0 rings (SSSR count). The van der Waals surface area contributed by atoms with Crippen LogP contribution < -0.4 is 0 Å². The second kappa shape index (κ2) is 4.45. The van der Waals surface area contributed by atoms with Gasteiger partial charge in [-0.25, -0.2) is 0 Å². The lowest BCUT2D eigenvalue weighted by Gasteiger charge is -2.19. The van der Waals surface area contributed by atoms with Gasteiger partial charge in [0.15, 0.2) is 0 Å². The molecule has 0 aliphatic rings. The van der Waals surface area contributed by atoms with Crippen LogP contribution in [0, 0.1) is 5.41 Å². The number of hydrogen-bond acceptors (Lipinski definition) is 3. The Morgan fingerprint density at radius 1 is 1.42 bits per heavy atom. The fourth-order valence-electron chi connectivity index (χ4n) is 0.889. The van der Waals surface area contributed by atoms with Gasteiger partial charge in [0.25, 0.3) is 0 Å². The fraction of sp³-hybridized carbons (Fsp3) is 0.750. The lowest BCUT2D eigenvalue weighted by Crippen LogP contribution is -2.28. The lowest BCUT2D eigenvalue weighted by atomic mass is 9.88. The monoisotopic (exact) mass is 192 g/mol. The number of carbonyl (C=O) groups is 2. The minimum atomic E-state index is -0.763. The zero-order valence-corrected chi connectivity index (χ0v) is 8.27. The van der Waals surface area contributed by atoms with Gasteiger partial charge < -0.3 is 4.74 Å². The van der Waals surface area contributed by atoms with Crippen LogP contribution in [0.25, 0.3) is 0 Å². The van der Waals surface area contributed by atoms with Crippen molar-refractivity contribution in [1.29, 1.82) is 0 Å². The Balaban J connectivity index is 4.21. The molecule has 0 N–H and O–H groups in total. The van der Waals surface area contributed by atoms with Crippen LogP contribution in [0.3, 0.4) is 0 Å². The maximum atomic E-state index is 11.1. The summed E-state index contributed by atoms with van der Waals surface area (Å²) in [5, 5.41) is 0. The van der Waals surface area contributed by atoms with E-state index in [1.165, 1.54) is 7.11 Å². The summed E-state index contributed by atoms with van der Waals surface area (Å²) in [6.45, 7) is 3.31. The second-order valence-corrected chi connectivity index (χ2v) is 3.49. The quantitative estimate of drug-likeness (QED) is 0.499. The van der Waals surface area contributed by atoms with Crippen molar-refractivity contribution in [2.45, 2.75) is 20.3 Å². The molecule has 0 unspecified atom stereocenters. The van der Waals surface area contributed by atoms with Crippen LogP contribution in [-0.4, -0.2) is 24.7 Å². The SMILES string of the molecule is COC(=O)C(C)(C)CC(=O)CCl. The van der Waals surface area contributed by atoms with Crippen LogP contribution in [-0.2, 0) is 14.3 Å². The molecule has 0 aromatic carbocycles. The first-order valence-corrected chi connectivity index (χ1v) is 4.13. The van der Waals surface area contributed by atoms with Gasteiger partial charge in [-0.05, 0) is 13.8 Å². The van der Waals surface area contributed by atoms with Crippen LogP contribution in [0.15, 0.2) is 0 Å². The first kappa shape index (κ1) is 11.4. The molecular weight excluding hydrogens is 180 g/mol. The number of esters is 1. The van der Waals surface area contributed by atoms with Gasteiger partial charge in [-0.3, -0.25) is 9.59 Å². The molecule has 3 nitrogen and oxygen atoms in total. The van der Waals surface area contributed by atoms with Crippen LogP contribution in [0.1, 0.15) is 20.3 Å². The van der Waals surface area contributed by atoms with Crippen molar-refractivity contribution in [2.24, 2.45) is 5.41 Å². The first-order chi connectivity index (χ1) is 5.44. The smallest absolute Gasteiger partial charge is 0.311 e. The van der Waals surface area contributed by atoms with Gasteiger partial charge in [0, 0.05) is 6.42 Å². The van der Waals surface area contributed by atoms with Crippen molar-refractivity contribution in [3.63, 3.8) is 0 Å². The van der Waals surface area contributed by atoms with E-state index in [2.05, 4.69) is 4.74 Å². The highest BCUT2D eigenvalue weighted by atomic mass is 35.5. The summed E-state index contributed by atoms with van der Waals surface area (Å²) >= 11 is 5.30. The summed E-state index contributed by atoms with van der Waals surface area (Å²) in [6, 6.07) is 0. The summed E-state index contributed by atoms with van der Waals surface area (Å²) in [6.07, 6.45) is 0.128. The molecule has 0 heterocycles. The van der Waals surface area contributed by atoms with Gasteiger partial charge in [0.1, 0.15) is 5.78 Å². The molecule has 0 bridgehead atoms. The molecule has 4 heteroatoms. The van der Waals surface area contributed by atoms with Crippen LogP contribution >= 0.6 is 11.6 Å². The summed E-state index contributed by atoms with van der Waals surface area (Å²) < 4.78 is 4.53. The average Bonchev–Trinajstić information content (AvgIpc) is 2.02. The summed E-state index contributed by atoms with van der Waals surface area (Å²) in [4.78, 5) is 22.0. The molecule has 0 aliphatic heterocycles. The Labute approximate surface area is 77.0 Å². The Kier molecular flexibility index (Phi) is 4.24. The van der Waals surface area contributed by atoms with Gasteiger partial charge in [-0.2, -0.15) is 0 Å². The number of halogens is 1. The molecular formula is C8H13ClO3. The summed E-state index contributed by atoms with van der Waals surface area (Å²) in [7, 11) is 1.30. The zero-order valence-electron chi connectivity index (χ0n) is 7.52. The van der Waals surface area contributed by atoms with Crippen molar-refractivity contribution in [3.05, 3.63) is 0 Å². The highest BCUT2D eigenvalue weighted by Crippen LogP contribution is 2.22. The first-order valence-electron chi connectivity index (χ1n) is 3.60. The van der Waals surface area contributed by atoms with E-state index >= 15 is 0 Å². The lowest BCUT2D eigenvalue weighted by molar-refractivity contribution is -0.152. The van der Waals surface area contributed by atoms with Crippen LogP contribution in [0.5, 0.6) is 0 Å². The van der Waals surface area contributed by atoms with E-state index in [0.29, 0.717) is 0 Å². The fourth-order valence-corrected chi connectivity index (χ4v) is 0.983. The molecule has 0 fully saturated rings. The van der Waals surface area contributed by atoms with E-state index in [4.69, 9.17) is 11.6 Å². The topological polar surface area (TPSA) is 43.4 Å². The maximum absolute atomic E-state index is 11.1. The van der Waals surface area contributed by atoms with E-state index in [0.717, 1.165) is 0 Å². The van der Waals surface area contributed by atoms with E-state index in [-0.39, 0.29) is 24.1 Å².